The summed E-state index contributed by atoms with van der Waals surface area (Å²) in [6, 6.07) is 0. The van der Waals surface area contributed by atoms with E-state index >= 15 is 0 Å². The zero-order valence-electron chi connectivity index (χ0n) is 7.66. The van der Waals surface area contributed by atoms with Crippen molar-refractivity contribution in [2.45, 2.75) is 12.8 Å². The van der Waals surface area contributed by atoms with Gasteiger partial charge < -0.3 is 10.3 Å². The van der Waals surface area contributed by atoms with Gasteiger partial charge in [-0.3, -0.25) is 4.79 Å². The van der Waals surface area contributed by atoms with E-state index in [1.54, 1.807) is 17.1 Å². The number of imidazole rings is 1. The average Bonchev–Trinajstić information content (AvgIpc) is 2.83. The van der Waals surface area contributed by atoms with Crippen LogP contribution in [0.5, 0.6) is 0 Å². The van der Waals surface area contributed by atoms with Gasteiger partial charge in [-0.05, 0) is 12.8 Å². The predicted molar refractivity (Wildman–Crippen MR) is 48.3 cm³/mol. The van der Waals surface area contributed by atoms with Crippen LogP contribution in [0.1, 0.15) is 23.3 Å². The van der Waals surface area contributed by atoms with Crippen LogP contribution in [0.3, 0.4) is 0 Å². The normalized spacial score (nSPS) is 18.6. The molecule has 0 bridgehead atoms. The molecule has 0 saturated heterocycles. The first-order valence-electron chi connectivity index (χ1n) is 4.41. The molecule has 1 saturated carbocycles. The number of hydrogen-bond acceptors (Lipinski definition) is 3. The van der Waals surface area contributed by atoms with E-state index < -0.39 is 0 Å². The Balaban J connectivity index is 2.28. The summed E-state index contributed by atoms with van der Waals surface area (Å²) in [6.07, 6.45) is 5.10. The number of aryl methyl sites for hydroxylation is 1. The van der Waals surface area contributed by atoms with Gasteiger partial charge in [0, 0.05) is 19.0 Å². The number of rotatable bonds is 3. The van der Waals surface area contributed by atoms with Gasteiger partial charge in [0.15, 0.2) is 5.78 Å². The lowest BCUT2D eigenvalue weighted by molar-refractivity contribution is 0.0897. The average molecular weight is 179 g/mol. The molecule has 0 unspecified atom stereocenters. The number of Topliss-reactive ketones (excluding diaryl/α,β-unsaturated/α-hetero) is 1. The van der Waals surface area contributed by atoms with Gasteiger partial charge in [-0.2, -0.15) is 0 Å². The first-order chi connectivity index (χ1) is 6.19. The fourth-order valence-electron chi connectivity index (χ4n) is 1.52. The van der Waals surface area contributed by atoms with Crippen molar-refractivity contribution in [2.24, 2.45) is 18.2 Å². The van der Waals surface area contributed by atoms with Gasteiger partial charge in [0.1, 0.15) is 5.69 Å². The van der Waals surface area contributed by atoms with Crippen LogP contribution in [0.25, 0.3) is 0 Å². The van der Waals surface area contributed by atoms with Crippen LogP contribution in [0.2, 0.25) is 0 Å². The molecule has 13 heavy (non-hydrogen) atoms. The third kappa shape index (κ3) is 1.18. The molecule has 1 aliphatic carbocycles. The molecule has 1 aliphatic rings. The topological polar surface area (TPSA) is 60.9 Å². The maximum Gasteiger partial charge on any atom is 0.188 e. The maximum atomic E-state index is 11.9. The van der Waals surface area contributed by atoms with Crippen molar-refractivity contribution in [1.29, 1.82) is 0 Å². The van der Waals surface area contributed by atoms with Crippen molar-refractivity contribution < 1.29 is 4.79 Å². The number of nitrogens with zero attached hydrogens (tertiary/aromatic N) is 2. The molecular formula is C9H13N3O. The molecule has 70 valence electrons. The molecule has 0 atom stereocenters. The molecule has 0 amide bonds. The van der Waals surface area contributed by atoms with Crippen molar-refractivity contribution in [2.75, 3.05) is 6.54 Å². The summed E-state index contributed by atoms with van der Waals surface area (Å²) in [7, 11) is 1.83. The molecule has 0 radical (unpaired) electrons. The molecule has 4 nitrogen and oxygen atoms in total. The zero-order chi connectivity index (χ0) is 9.47. The van der Waals surface area contributed by atoms with Crippen molar-refractivity contribution >= 4 is 5.78 Å². The van der Waals surface area contributed by atoms with Gasteiger partial charge in [0.05, 0.1) is 12.5 Å². The quantitative estimate of drug-likeness (QED) is 0.681. The van der Waals surface area contributed by atoms with Crippen LogP contribution in [-0.4, -0.2) is 21.9 Å². The monoisotopic (exact) mass is 179 g/mol. The summed E-state index contributed by atoms with van der Waals surface area (Å²) in [4.78, 5) is 15.8. The minimum atomic E-state index is -0.256. The lowest BCUT2D eigenvalue weighted by atomic mass is 9.99. The van der Waals surface area contributed by atoms with Crippen LogP contribution in [0.15, 0.2) is 12.5 Å². The second-order valence-corrected chi connectivity index (χ2v) is 3.70. The summed E-state index contributed by atoms with van der Waals surface area (Å²) >= 11 is 0. The predicted octanol–water partition coefficient (Wildman–Crippen LogP) is 0.342. The smallest absolute Gasteiger partial charge is 0.188 e. The SMILES string of the molecule is Cn1cncc1C(=O)C1(CN)CC1. The van der Waals surface area contributed by atoms with Gasteiger partial charge in [0.25, 0.3) is 0 Å². The van der Waals surface area contributed by atoms with Crippen molar-refractivity contribution in [3.63, 3.8) is 0 Å². The lowest BCUT2D eigenvalue weighted by Crippen LogP contribution is -2.26. The summed E-state index contributed by atoms with van der Waals surface area (Å²) in [5.41, 5.74) is 5.99. The fraction of sp³-hybridized carbons (Fsp3) is 0.556. The summed E-state index contributed by atoms with van der Waals surface area (Å²) in [5, 5.41) is 0. The van der Waals surface area contributed by atoms with Gasteiger partial charge in [0.2, 0.25) is 0 Å². The Morgan fingerprint density at radius 1 is 1.77 bits per heavy atom. The van der Waals surface area contributed by atoms with E-state index in [1.165, 1.54) is 0 Å². The van der Waals surface area contributed by atoms with E-state index in [0.29, 0.717) is 12.2 Å². The number of ketones is 1. The number of nitrogens with two attached hydrogens (primary N) is 1. The van der Waals surface area contributed by atoms with Crippen LogP contribution < -0.4 is 5.73 Å². The van der Waals surface area contributed by atoms with E-state index in [0.717, 1.165) is 12.8 Å². The summed E-state index contributed by atoms with van der Waals surface area (Å²) in [6.45, 7) is 0.455. The number of aromatic nitrogens is 2. The van der Waals surface area contributed by atoms with Gasteiger partial charge in [-0.25, -0.2) is 4.98 Å². The Bertz CT molecular complexity index is 338. The van der Waals surface area contributed by atoms with Gasteiger partial charge in [-0.15, -0.1) is 0 Å². The zero-order valence-corrected chi connectivity index (χ0v) is 7.66. The molecular weight excluding hydrogens is 166 g/mol. The summed E-state index contributed by atoms with van der Waals surface area (Å²) < 4.78 is 1.75. The minimum Gasteiger partial charge on any atom is -0.331 e. The second kappa shape index (κ2) is 2.67. The minimum absolute atomic E-state index is 0.148. The standard InChI is InChI=1S/C9H13N3O/c1-12-6-11-4-7(12)8(13)9(5-10)2-3-9/h4,6H,2-3,5,10H2,1H3. The Kier molecular flexibility index (Phi) is 1.73. The Hall–Kier alpha value is -1.16. The molecule has 4 heteroatoms. The fourth-order valence-corrected chi connectivity index (χ4v) is 1.52. The van der Waals surface area contributed by atoms with Gasteiger partial charge in [-0.1, -0.05) is 0 Å². The first-order valence-corrected chi connectivity index (χ1v) is 4.41. The highest BCUT2D eigenvalue weighted by Crippen LogP contribution is 2.46. The lowest BCUT2D eigenvalue weighted by Gasteiger charge is -2.10. The molecule has 0 spiro atoms. The summed E-state index contributed by atoms with van der Waals surface area (Å²) in [5.74, 6) is 0.148. The Morgan fingerprint density at radius 3 is 2.85 bits per heavy atom. The number of hydrogen-bond donors (Lipinski definition) is 1. The highest BCUT2D eigenvalue weighted by Gasteiger charge is 2.49. The maximum absolute atomic E-state index is 11.9. The van der Waals surface area contributed by atoms with E-state index in [1.807, 2.05) is 7.05 Å². The van der Waals surface area contributed by atoms with Crippen LogP contribution in [0.4, 0.5) is 0 Å². The van der Waals surface area contributed by atoms with E-state index in [9.17, 15) is 4.79 Å². The molecule has 0 aliphatic heterocycles. The van der Waals surface area contributed by atoms with E-state index in [2.05, 4.69) is 4.98 Å². The van der Waals surface area contributed by atoms with Crippen LogP contribution in [0, 0.1) is 5.41 Å². The molecule has 2 N–H and O–H groups in total. The number of carbonyl (C=O) groups excluding carboxylic acids is 1. The molecule has 1 aromatic rings. The highest BCUT2D eigenvalue weighted by atomic mass is 16.1. The van der Waals surface area contributed by atoms with Crippen LogP contribution >= 0.6 is 0 Å². The Labute approximate surface area is 76.8 Å². The molecule has 1 heterocycles. The largest absolute Gasteiger partial charge is 0.331 e. The van der Waals surface area contributed by atoms with E-state index in [4.69, 9.17) is 5.73 Å². The first kappa shape index (κ1) is 8.44. The van der Waals surface area contributed by atoms with E-state index in [-0.39, 0.29) is 11.2 Å². The van der Waals surface area contributed by atoms with Crippen LogP contribution in [-0.2, 0) is 7.05 Å². The third-order valence-electron chi connectivity index (χ3n) is 2.78. The third-order valence-corrected chi connectivity index (χ3v) is 2.78. The number of carbonyl (C=O) groups is 1. The van der Waals surface area contributed by atoms with Crippen molar-refractivity contribution in [1.82, 2.24) is 9.55 Å². The molecule has 1 fully saturated rings. The van der Waals surface area contributed by atoms with Crippen molar-refractivity contribution in [3.05, 3.63) is 18.2 Å². The van der Waals surface area contributed by atoms with Crippen molar-refractivity contribution in [3.8, 4) is 0 Å². The molecule has 2 rings (SSSR count). The second-order valence-electron chi connectivity index (χ2n) is 3.70. The van der Waals surface area contributed by atoms with Gasteiger partial charge >= 0.3 is 0 Å². The Morgan fingerprint density at radius 2 is 2.46 bits per heavy atom. The molecule has 0 aromatic carbocycles. The molecule has 1 aromatic heterocycles. The highest BCUT2D eigenvalue weighted by molar-refractivity contribution is 6.01.